The SMILES string of the molecule is CC(=O)Nc1cccc(OCC2=NC(=O)NC(c3ccccc3)C2C(=O)OCc2cccc(C#N)c2)c1. The van der Waals surface area contributed by atoms with Crippen LogP contribution in [0.15, 0.2) is 83.9 Å². The number of benzene rings is 3. The highest BCUT2D eigenvalue weighted by atomic mass is 16.5. The molecule has 3 aromatic carbocycles. The van der Waals surface area contributed by atoms with E-state index < -0.39 is 24.0 Å². The number of nitrogens with one attached hydrogen (secondary N) is 2. The van der Waals surface area contributed by atoms with Crippen molar-refractivity contribution in [2.75, 3.05) is 11.9 Å². The number of nitriles is 1. The van der Waals surface area contributed by atoms with E-state index in [1.165, 1.54) is 6.92 Å². The number of ether oxygens (including phenoxy) is 2. The van der Waals surface area contributed by atoms with Crippen LogP contribution in [0, 0.1) is 17.2 Å². The fourth-order valence-electron chi connectivity index (χ4n) is 3.97. The van der Waals surface area contributed by atoms with Gasteiger partial charge in [-0.3, -0.25) is 9.59 Å². The average molecular weight is 497 g/mol. The minimum absolute atomic E-state index is 0.0484. The Hall–Kier alpha value is -4.97. The minimum Gasteiger partial charge on any atom is -0.488 e. The Morgan fingerprint density at radius 3 is 2.57 bits per heavy atom. The molecule has 2 atom stereocenters. The molecular formula is C28H24N4O5. The van der Waals surface area contributed by atoms with Crippen LogP contribution in [-0.2, 0) is 20.9 Å². The maximum Gasteiger partial charge on any atom is 0.341 e. The number of nitrogens with zero attached hydrogens (tertiary/aromatic N) is 2. The minimum atomic E-state index is -0.947. The molecule has 3 amide bonds. The maximum atomic E-state index is 13.4. The average Bonchev–Trinajstić information content (AvgIpc) is 2.90. The summed E-state index contributed by atoms with van der Waals surface area (Å²) in [6.45, 7) is 1.20. The standard InChI is InChI=1S/C28H24N4O5/c1-18(33)30-22-11-6-12-23(14-22)36-17-24-25(26(32-28(35)31-24)21-9-3-2-4-10-21)27(34)37-16-20-8-5-7-19(13-20)15-29/h2-14,25-26H,16-17H2,1H3,(H,30,33)(H,32,35). The van der Waals surface area contributed by atoms with Gasteiger partial charge < -0.3 is 20.1 Å². The normalized spacial score (nSPS) is 16.5. The first-order valence-corrected chi connectivity index (χ1v) is 11.5. The first-order valence-electron chi connectivity index (χ1n) is 11.5. The van der Waals surface area contributed by atoms with Crippen molar-refractivity contribution < 1.29 is 23.9 Å². The van der Waals surface area contributed by atoms with Crippen LogP contribution >= 0.6 is 0 Å². The van der Waals surface area contributed by atoms with Gasteiger partial charge in [0, 0.05) is 18.7 Å². The summed E-state index contributed by atoms with van der Waals surface area (Å²) in [5.41, 5.74) is 2.58. The molecule has 0 bridgehead atoms. The lowest BCUT2D eigenvalue weighted by Gasteiger charge is -2.31. The molecule has 0 radical (unpaired) electrons. The van der Waals surface area contributed by atoms with Crippen molar-refractivity contribution in [3.8, 4) is 11.8 Å². The van der Waals surface area contributed by atoms with E-state index in [1.807, 2.05) is 30.3 Å². The van der Waals surface area contributed by atoms with Crippen LogP contribution in [0.4, 0.5) is 10.5 Å². The van der Waals surface area contributed by atoms with Crippen LogP contribution in [0.2, 0.25) is 0 Å². The monoisotopic (exact) mass is 496 g/mol. The third kappa shape index (κ3) is 6.58. The first-order chi connectivity index (χ1) is 17.9. The number of urea groups is 1. The van der Waals surface area contributed by atoms with Crippen molar-refractivity contribution in [3.63, 3.8) is 0 Å². The molecule has 0 fully saturated rings. The van der Waals surface area contributed by atoms with Crippen molar-refractivity contribution in [3.05, 3.63) is 95.6 Å². The van der Waals surface area contributed by atoms with Gasteiger partial charge in [-0.15, -0.1) is 0 Å². The van der Waals surface area contributed by atoms with Crippen LogP contribution in [0.25, 0.3) is 0 Å². The van der Waals surface area contributed by atoms with E-state index >= 15 is 0 Å². The van der Waals surface area contributed by atoms with Crippen LogP contribution in [0.3, 0.4) is 0 Å². The van der Waals surface area contributed by atoms with E-state index in [0.717, 1.165) is 0 Å². The summed E-state index contributed by atoms with van der Waals surface area (Å²) in [5.74, 6) is -1.33. The number of amides is 3. The third-order valence-electron chi connectivity index (χ3n) is 5.61. The zero-order chi connectivity index (χ0) is 26.2. The molecule has 1 heterocycles. The molecule has 0 saturated heterocycles. The second-order valence-electron chi connectivity index (χ2n) is 8.34. The van der Waals surface area contributed by atoms with E-state index in [1.54, 1.807) is 48.5 Å². The number of anilines is 1. The topological polar surface area (TPSA) is 130 Å². The highest BCUT2D eigenvalue weighted by molar-refractivity contribution is 6.10. The highest BCUT2D eigenvalue weighted by Crippen LogP contribution is 2.29. The Morgan fingerprint density at radius 1 is 1.03 bits per heavy atom. The number of hydrogen-bond donors (Lipinski definition) is 2. The molecule has 3 aromatic rings. The summed E-state index contributed by atoms with van der Waals surface area (Å²) in [6.07, 6.45) is 0. The van der Waals surface area contributed by atoms with Crippen LogP contribution in [0.1, 0.15) is 29.7 Å². The quantitative estimate of drug-likeness (QED) is 0.451. The fraction of sp³-hybridized carbons (Fsp3) is 0.179. The van der Waals surface area contributed by atoms with Crippen LogP contribution in [-0.4, -0.2) is 30.2 Å². The van der Waals surface area contributed by atoms with E-state index in [2.05, 4.69) is 21.7 Å². The lowest BCUT2D eigenvalue weighted by atomic mass is 9.88. The van der Waals surface area contributed by atoms with Gasteiger partial charge in [0.2, 0.25) is 5.91 Å². The second kappa shape index (κ2) is 11.6. The Labute approximate surface area is 213 Å². The fourth-order valence-corrected chi connectivity index (χ4v) is 3.97. The molecule has 186 valence electrons. The van der Waals surface area contributed by atoms with Gasteiger partial charge >= 0.3 is 12.0 Å². The molecule has 0 aromatic heterocycles. The molecule has 0 aliphatic carbocycles. The van der Waals surface area contributed by atoms with Crippen LogP contribution in [0.5, 0.6) is 5.75 Å². The Bertz CT molecular complexity index is 1380. The number of carbonyl (C=O) groups is 3. The highest BCUT2D eigenvalue weighted by Gasteiger charge is 2.40. The molecule has 9 heteroatoms. The summed E-state index contributed by atoms with van der Waals surface area (Å²) < 4.78 is 11.5. The number of rotatable bonds is 8. The summed E-state index contributed by atoms with van der Waals surface area (Å²) in [6, 6.07) is 23.4. The van der Waals surface area contributed by atoms with Gasteiger partial charge in [-0.25, -0.2) is 4.79 Å². The van der Waals surface area contributed by atoms with Crippen molar-refractivity contribution in [1.82, 2.24) is 5.32 Å². The molecular weight excluding hydrogens is 472 g/mol. The van der Waals surface area contributed by atoms with Gasteiger partial charge in [0.25, 0.3) is 0 Å². The summed E-state index contributed by atoms with van der Waals surface area (Å²) in [4.78, 5) is 41.3. The molecule has 2 N–H and O–H groups in total. The predicted molar refractivity (Wildman–Crippen MR) is 136 cm³/mol. The third-order valence-corrected chi connectivity index (χ3v) is 5.61. The number of carbonyl (C=O) groups excluding carboxylic acids is 3. The smallest absolute Gasteiger partial charge is 0.341 e. The lowest BCUT2D eigenvalue weighted by molar-refractivity contribution is -0.148. The first kappa shape index (κ1) is 25.1. The number of esters is 1. The van der Waals surface area contributed by atoms with Gasteiger partial charge in [0.1, 0.15) is 24.9 Å². The van der Waals surface area contributed by atoms with Crippen molar-refractivity contribution in [1.29, 1.82) is 5.26 Å². The van der Waals surface area contributed by atoms with E-state index in [4.69, 9.17) is 14.7 Å². The van der Waals surface area contributed by atoms with E-state index in [-0.39, 0.29) is 24.8 Å². The summed E-state index contributed by atoms with van der Waals surface area (Å²) in [7, 11) is 0. The Kier molecular flexibility index (Phi) is 7.91. The molecule has 2 unspecified atom stereocenters. The van der Waals surface area contributed by atoms with Gasteiger partial charge in [-0.2, -0.15) is 10.3 Å². The lowest BCUT2D eigenvalue weighted by Crippen LogP contribution is -2.46. The van der Waals surface area contributed by atoms with Gasteiger partial charge in [-0.05, 0) is 35.4 Å². The molecule has 0 spiro atoms. The van der Waals surface area contributed by atoms with E-state index in [0.29, 0.717) is 28.1 Å². The predicted octanol–water partition coefficient (Wildman–Crippen LogP) is 4.16. The van der Waals surface area contributed by atoms with Crippen LogP contribution < -0.4 is 15.4 Å². The number of aliphatic imine (C=N–C) groups is 1. The molecule has 1 aliphatic heterocycles. The Morgan fingerprint density at radius 2 is 1.81 bits per heavy atom. The van der Waals surface area contributed by atoms with Gasteiger partial charge in [0.15, 0.2) is 0 Å². The molecule has 0 saturated carbocycles. The number of hydrogen-bond acceptors (Lipinski definition) is 6. The molecule has 37 heavy (non-hydrogen) atoms. The zero-order valence-electron chi connectivity index (χ0n) is 20.0. The van der Waals surface area contributed by atoms with Crippen molar-refractivity contribution in [2.24, 2.45) is 10.9 Å². The largest absolute Gasteiger partial charge is 0.488 e. The van der Waals surface area contributed by atoms with Gasteiger partial charge in [-0.1, -0.05) is 48.5 Å². The summed E-state index contributed by atoms with van der Waals surface area (Å²) >= 11 is 0. The van der Waals surface area contributed by atoms with Gasteiger partial charge in [0.05, 0.1) is 23.4 Å². The van der Waals surface area contributed by atoms with Crippen molar-refractivity contribution >= 4 is 29.3 Å². The molecule has 9 nitrogen and oxygen atoms in total. The van der Waals surface area contributed by atoms with E-state index in [9.17, 15) is 14.4 Å². The van der Waals surface area contributed by atoms with Crippen molar-refractivity contribution in [2.45, 2.75) is 19.6 Å². The maximum absolute atomic E-state index is 13.4. The Balaban J connectivity index is 1.57. The zero-order valence-corrected chi connectivity index (χ0v) is 20.0. The summed E-state index contributed by atoms with van der Waals surface area (Å²) in [5, 5.41) is 14.6. The molecule has 1 aliphatic rings. The molecule has 4 rings (SSSR count). The second-order valence-corrected chi connectivity index (χ2v) is 8.34.